The standard InChI is InChI=1S/C18H16ClFN2S/c19-15-6-4-14(5-7-15)17-11-22-18(23-17)12-21-9-8-13-2-1-3-16(20)10-13/h1-7,10-11,21H,8-9,12H2. The quantitative estimate of drug-likeness (QED) is 0.640. The summed E-state index contributed by atoms with van der Waals surface area (Å²) in [4.78, 5) is 5.57. The van der Waals surface area contributed by atoms with E-state index in [1.165, 1.54) is 6.07 Å². The number of hydrogen-bond donors (Lipinski definition) is 1. The molecule has 0 bridgehead atoms. The largest absolute Gasteiger partial charge is 0.310 e. The average Bonchev–Trinajstić information content (AvgIpc) is 3.01. The van der Waals surface area contributed by atoms with E-state index < -0.39 is 0 Å². The number of thiazole rings is 1. The Morgan fingerprint density at radius 3 is 2.74 bits per heavy atom. The minimum Gasteiger partial charge on any atom is -0.310 e. The first-order valence-corrected chi connectivity index (χ1v) is 8.56. The molecule has 118 valence electrons. The second-order valence-electron chi connectivity index (χ2n) is 5.18. The van der Waals surface area contributed by atoms with E-state index in [9.17, 15) is 4.39 Å². The highest BCUT2D eigenvalue weighted by molar-refractivity contribution is 7.15. The second kappa shape index (κ2) is 7.68. The Morgan fingerprint density at radius 1 is 1.13 bits per heavy atom. The number of aromatic nitrogens is 1. The van der Waals surface area contributed by atoms with Gasteiger partial charge in [0.25, 0.3) is 0 Å². The Kier molecular flexibility index (Phi) is 5.39. The molecule has 23 heavy (non-hydrogen) atoms. The fourth-order valence-corrected chi connectivity index (χ4v) is 3.28. The molecule has 3 aromatic rings. The lowest BCUT2D eigenvalue weighted by molar-refractivity contribution is 0.622. The lowest BCUT2D eigenvalue weighted by Crippen LogP contribution is -2.16. The summed E-state index contributed by atoms with van der Waals surface area (Å²) in [6, 6.07) is 14.5. The topological polar surface area (TPSA) is 24.9 Å². The first-order valence-electron chi connectivity index (χ1n) is 7.36. The molecule has 0 spiro atoms. The summed E-state index contributed by atoms with van der Waals surface area (Å²) in [6.07, 6.45) is 2.69. The Balaban J connectivity index is 1.50. The van der Waals surface area contributed by atoms with Crippen molar-refractivity contribution in [1.82, 2.24) is 10.3 Å². The van der Waals surface area contributed by atoms with Crippen LogP contribution in [-0.4, -0.2) is 11.5 Å². The lowest BCUT2D eigenvalue weighted by atomic mass is 10.1. The summed E-state index contributed by atoms with van der Waals surface area (Å²) >= 11 is 7.57. The summed E-state index contributed by atoms with van der Waals surface area (Å²) in [7, 11) is 0. The summed E-state index contributed by atoms with van der Waals surface area (Å²) in [6.45, 7) is 1.51. The van der Waals surface area contributed by atoms with Crippen LogP contribution in [0.1, 0.15) is 10.6 Å². The number of nitrogens with one attached hydrogen (secondary N) is 1. The number of halogens is 2. The van der Waals surface area contributed by atoms with Gasteiger partial charge in [0.2, 0.25) is 0 Å². The van der Waals surface area contributed by atoms with Gasteiger partial charge in [-0.3, -0.25) is 0 Å². The average molecular weight is 347 g/mol. The van der Waals surface area contributed by atoms with E-state index in [2.05, 4.69) is 10.3 Å². The van der Waals surface area contributed by atoms with E-state index in [-0.39, 0.29) is 5.82 Å². The molecule has 0 aliphatic heterocycles. The van der Waals surface area contributed by atoms with Gasteiger partial charge < -0.3 is 5.32 Å². The molecule has 0 fully saturated rings. The normalized spacial score (nSPS) is 10.9. The molecule has 1 N–H and O–H groups in total. The van der Waals surface area contributed by atoms with Crippen LogP contribution in [0.15, 0.2) is 54.7 Å². The van der Waals surface area contributed by atoms with Crippen molar-refractivity contribution in [2.24, 2.45) is 0 Å². The predicted molar refractivity (Wildman–Crippen MR) is 94.4 cm³/mol. The molecule has 0 atom stereocenters. The third kappa shape index (κ3) is 4.61. The molecule has 2 nitrogen and oxygen atoms in total. The molecule has 0 aliphatic rings. The molecular formula is C18H16ClFN2S. The van der Waals surface area contributed by atoms with Crippen LogP contribution in [0.25, 0.3) is 10.4 Å². The molecule has 5 heteroatoms. The molecule has 1 aromatic heterocycles. The maximum Gasteiger partial charge on any atom is 0.123 e. The van der Waals surface area contributed by atoms with Crippen LogP contribution in [0.4, 0.5) is 4.39 Å². The zero-order chi connectivity index (χ0) is 16.1. The Hall–Kier alpha value is -1.75. The van der Waals surface area contributed by atoms with Crippen molar-refractivity contribution >= 4 is 22.9 Å². The van der Waals surface area contributed by atoms with Gasteiger partial charge >= 0.3 is 0 Å². The molecule has 0 saturated heterocycles. The van der Waals surface area contributed by atoms with Crippen LogP contribution < -0.4 is 5.32 Å². The summed E-state index contributed by atoms with van der Waals surface area (Å²) in [5.41, 5.74) is 2.12. The van der Waals surface area contributed by atoms with Crippen molar-refractivity contribution < 1.29 is 4.39 Å². The smallest absolute Gasteiger partial charge is 0.123 e. The molecule has 2 aromatic carbocycles. The molecule has 0 saturated carbocycles. The van der Waals surface area contributed by atoms with Crippen molar-refractivity contribution in [3.63, 3.8) is 0 Å². The summed E-state index contributed by atoms with van der Waals surface area (Å²) < 4.78 is 13.1. The second-order valence-corrected chi connectivity index (χ2v) is 6.73. The van der Waals surface area contributed by atoms with Crippen LogP contribution in [0.5, 0.6) is 0 Å². The SMILES string of the molecule is Fc1cccc(CCNCc2ncc(-c3ccc(Cl)cc3)s2)c1. The van der Waals surface area contributed by atoms with Gasteiger partial charge in [-0.1, -0.05) is 35.9 Å². The molecule has 0 unspecified atom stereocenters. The zero-order valence-electron chi connectivity index (χ0n) is 12.4. The van der Waals surface area contributed by atoms with Gasteiger partial charge in [-0.05, 0) is 48.4 Å². The van der Waals surface area contributed by atoms with Crippen LogP contribution in [0, 0.1) is 5.82 Å². The molecule has 0 radical (unpaired) electrons. The van der Waals surface area contributed by atoms with Crippen molar-refractivity contribution in [3.8, 4) is 10.4 Å². The van der Waals surface area contributed by atoms with Crippen LogP contribution in [0.2, 0.25) is 5.02 Å². The lowest BCUT2D eigenvalue weighted by Gasteiger charge is -2.03. The van der Waals surface area contributed by atoms with Gasteiger partial charge in [-0.25, -0.2) is 9.37 Å². The molecule has 0 amide bonds. The van der Waals surface area contributed by atoms with Crippen molar-refractivity contribution in [3.05, 3.63) is 76.1 Å². The van der Waals surface area contributed by atoms with Gasteiger partial charge in [0, 0.05) is 17.8 Å². The van der Waals surface area contributed by atoms with Crippen LogP contribution in [-0.2, 0) is 13.0 Å². The monoisotopic (exact) mass is 346 g/mol. The predicted octanol–water partition coefficient (Wildman–Crippen LogP) is 4.93. The van der Waals surface area contributed by atoms with Crippen LogP contribution in [0.3, 0.4) is 0 Å². The van der Waals surface area contributed by atoms with Crippen LogP contribution >= 0.6 is 22.9 Å². The van der Waals surface area contributed by atoms with Gasteiger partial charge in [-0.2, -0.15) is 0 Å². The van der Waals surface area contributed by atoms with E-state index in [0.717, 1.165) is 39.0 Å². The number of benzene rings is 2. The third-order valence-electron chi connectivity index (χ3n) is 3.44. The Morgan fingerprint density at radius 2 is 1.96 bits per heavy atom. The van der Waals surface area contributed by atoms with Gasteiger partial charge in [0.1, 0.15) is 10.8 Å². The van der Waals surface area contributed by atoms with Crippen molar-refractivity contribution in [2.45, 2.75) is 13.0 Å². The highest BCUT2D eigenvalue weighted by Gasteiger charge is 2.04. The van der Waals surface area contributed by atoms with Crippen molar-refractivity contribution in [1.29, 1.82) is 0 Å². The van der Waals surface area contributed by atoms with Gasteiger partial charge in [0.05, 0.1) is 4.88 Å². The van der Waals surface area contributed by atoms with E-state index >= 15 is 0 Å². The minimum absolute atomic E-state index is 0.185. The Labute approximate surface area is 144 Å². The third-order valence-corrected chi connectivity index (χ3v) is 4.74. The van der Waals surface area contributed by atoms with E-state index in [4.69, 9.17) is 11.6 Å². The summed E-state index contributed by atoms with van der Waals surface area (Å²) in [5.74, 6) is -0.185. The Bertz CT molecular complexity index is 771. The zero-order valence-corrected chi connectivity index (χ0v) is 14.0. The molecule has 1 heterocycles. The highest BCUT2D eigenvalue weighted by atomic mass is 35.5. The van der Waals surface area contributed by atoms with E-state index in [0.29, 0.717) is 6.54 Å². The van der Waals surface area contributed by atoms with Crippen molar-refractivity contribution in [2.75, 3.05) is 6.54 Å². The molecule has 3 rings (SSSR count). The number of rotatable bonds is 6. The molecule has 0 aliphatic carbocycles. The minimum atomic E-state index is -0.185. The van der Waals surface area contributed by atoms with Gasteiger partial charge in [-0.15, -0.1) is 11.3 Å². The summed E-state index contributed by atoms with van der Waals surface area (Å²) in [5, 5.41) is 5.12. The highest BCUT2D eigenvalue weighted by Crippen LogP contribution is 2.27. The van der Waals surface area contributed by atoms with E-state index in [1.807, 2.05) is 36.5 Å². The number of hydrogen-bond acceptors (Lipinski definition) is 3. The maximum absolute atomic E-state index is 13.1. The van der Waals surface area contributed by atoms with E-state index in [1.54, 1.807) is 23.5 Å². The fraction of sp³-hybridized carbons (Fsp3) is 0.167. The number of nitrogens with zero attached hydrogens (tertiary/aromatic N) is 1. The first kappa shape index (κ1) is 16.1. The molecular weight excluding hydrogens is 331 g/mol. The van der Waals surface area contributed by atoms with Gasteiger partial charge in [0.15, 0.2) is 0 Å². The maximum atomic E-state index is 13.1. The first-order chi connectivity index (χ1) is 11.2. The fourth-order valence-electron chi connectivity index (χ4n) is 2.26.